The van der Waals surface area contributed by atoms with Crippen LogP contribution in [0.1, 0.15) is 12.5 Å². The van der Waals surface area contributed by atoms with E-state index >= 15 is 0 Å². The largest absolute Gasteiger partial charge is 0.480 e. The van der Waals surface area contributed by atoms with Gasteiger partial charge in [0.15, 0.2) is 0 Å². The maximum Gasteiger partial charge on any atom is 0.417 e. The molecule has 3 nitrogen and oxygen atoms in total. The third-order valence-electron chi connectivity index (χ3n) is 1.71. The van der Waals surface area contributed by atoms with Crippen molar-refractivity contribution < 1.29 is 23.1 Å². The number of carboxylic acid groups (broad SMARTS) is 1. The summed E-state index contributed by atoms with van der Waals surface area (Å²) in [6, 6.07) is 2.04. The number of carbonyl (C=O) groups is 1. The monoisotopic (exact) mass is 251 g/mol. The molecule has 1 unspecified atom stereocenters. The Hall–Kier alpha value is -1.24. The molecule has 1 N–H and O–H groups in total. The van der Waals surface area contributed by atoms with Gasteiger partial charge in [-0.15, -0.1) is 0 Å². The fourth-order valence-electron chi connectivity index (χ4n) is 0.849. The van der Waals surface area contributed by atoms with Crippen LogP contribution in [0.2, 0.25) is 0 Å². The first-order valence-corrected chi connectivity index (χ1v) is 5.11. The van der Waals surface area contributed by atoms with E-state index in [-0.39, 0.29) is 5.03 Å². The molecule has 0 saturated heterocycles. The minimum atomic E-state index is -4.42. The zero-order valence-corrected chi connectivity index (χ0v) is 8.97. The van der Waals surface area contributed by atoms with Crippen LogP contribution in [0.3, 0.4) is 0 Å². The predicted molar refractivity (Wildman–Crippen MR) is 52.2 cm³/mol. The number of alkyl halides is 3. The minimum Gasteiger partial charge on any atom is -0.480 e. The van der Waals surface area contributed by atoms with Gasteiger partial charge < -0.3 is 5.11 Å². The number of aromatic nitrogens is 1. The van der Waals surface area contributed by atoms with E-state index < -0.39 is 23.0 Å². The third kappa shape index (κ3) is 3.41. The summed E-state index contributed by atoms with van der Waals surface area (Å²) in [6.07, 6.45) is -3.73. The van der Waals surface area contributed by atoms with Gasteiger partial charge in [0.05, 0.1) is 10.6 Å². The molecule has 0 amide bonds. The Morgan fingerprint density at radius 1 is 1.50 bits per heavy atom. The van der Waals surface area contributed by atoms with E-state index in [0.717, 1.165) is 23.9 Å². The Balaban J connectivity index is 2.76. The lowest BCUT2D eigenvalue weighted by molar-refractivity contribution is -0.138. The van der Waals surface area contributed by atoms with Crippen LogP contribution in [0.25, 0.3) is 0 Å². The zero-order valence-electron chi connectivity index (χ0n) is 8.15. The standard InChI is InChI=1S/C9H8F3NO2S/c1-5(8(14)15)16-7-3-2-6(4-13-7)9(10,11)12/h2-5H,1H3,(H,14,15). The normalized spacial score (nSPS) is 13.5. The van der Waals surface area contributed by atoms with Crippen molar-refractivity contribution in [1.29, 1.82) is 0 Å². The maximum absolute atomic E-state index is 12.2. The average Bonchev–Trinajstić information content (AvgIpc) is 2.17. The summed E-state index contributed by atoms with van der Waals surface area (Å²) in [7, 11) is 0. The molecule has 88 valence electrons. The molecule has 0 aliphatic heterocycles. The quantitative estimate of drug-likeness (QED) is 0.839. The number of hydrogen-bond donors (Lipinski definition) is 1. The number of rotatable bonds is 3. The molecular formula is C9H8F3NO2S. The first kappa shape index (κ1) is 12.8. The van der Waals surface area contributed by atoms with Gasteiger partial charge in [-0.3, -0.25) is 4.79 Å². The van der Waals surface area contributed by atoms with Crippen LogP contribution in [0.5, 0.6) is 0 Å². The fourth-order valence-corrected chi connectivity index (χ4v) is 1.57. The van der Waals surface area contributed by atoms with Crippen molar-refractivity contribution in [2.75, 3.05) is 0 Å². The molecule has 0 aliphatic rings. The van der Waals surface area contributed by atoms with Crippen molar-refractivity contribution in [3.8, 4) is 0 Å². The summed E-state index contributed by atoms with van der Waals surface area (Å²) in [4.78, 5) is 14.0. The van der Waals surface area contributed by atoms with Crippen molar-refractivity contribution in [2.45, 2.75) is 23.4 Å². The molecule has 0 spiro atoms. The summed E-state index contributed by atoms with van der Waals surface area (Å²) in [5, 5.41) is 8.11. The molecular weight excluding hydrogens is 243 g/mol. The van der Waals surface area contributed by atoms with Crippen LogP contribution in [0.15, 0.2) is 23.4 Å². The lowest BCUT2D eigenvalue weighted by Gasteiger charge is -2.08. The molecule has 0 fully saturated rings. The Bertz CT molecular complexity index is 377. The van der Waals surface area contributed by atoms with Crippen LogP contribution in [-0.4, -0.2) is 21.3 Å². The SMILES string of the molecule is CC(Sc1ccc(C(F)(F)F)cn1)C(=O)O. The Morgan fingerprint density at radius 3 is 2.50 bits per heavy atom. The highest BCUT2D eigenvalue weighted by Crippen LogP contribution is 2.30. The second-order valence-electron chi connectivity index (χ2n) is 2.98. The predicted octanol–water partition coefficient (Wildman–Crippen LogP) is 2.67. The minimum absolute atomic E-state index is 0.253. The first-order valence-electron chi connectivity index (χ1n) is 4.23. The number of nitrogens with zero attached hydrogens (tertiary/aromatic N) is 1. The van der Waals surface area contributed by atoms with Crippen LogP contribution in [0.4, 0.5) is 13.2 Å². The summed E-state index contributed by atoms with van der Waals surface area (Å²) >= 11 is 0.893. The van der Waals surface area contributed by atoms with Crippen molar-refractivity contribution in [1.82, 2.24) is 4.98 Å². The fraction of sp³-hybridized carbons (Fsp3) is 0.333. The molecule has 1 heterocycles. The Labute approximate surface area is 93.7 Å². The molecule has 16 heavy (non-hydrogen) atoms. The number of halogens is 3. The molecule has 0 radical (unpaired) electrons. The van der Waals surface area contributed by atoms with Gasteiger partial charge in [-0.1, -0.05) is 11.8 Å². The van der Waals surface area contributed by atoms with Gasteiger partial charge in [0.25, 0.3) is 0 Å². The summed E-state index contributed by atoms with van der Waals surface area (Å²) in [6.45, 7) is 1.44. The number of hydrogen-bond acceptors (Lipinski definition) is 3. The van der Waals surface area contributed by atoms with Crippen molar-refractivity contribution in [3.63, 3.8) is 0 Å². The number of pyridine rings is 1. The maximum atomic E-state index is 12.2. The molecule has 1 rings (SSSR count). The Morgan fingerprint density at radius 2 is 2.12 bits per heavy atom. The smallest absolute Gasteiger partial charge is 0.417 e. The van der Waals surface area contributed by atoms with E-state index in [2.05, 4.69) is 4.98 Å². The molecule has 0 bridgehead atoms. The van der Waals surface area contributed by atoms with Gasteiger partial charge in [0.1, 0.15) is 5.25 Å². The summed E-state index contributed by atoms with van der Waals surface area (Å²) < 4.78 is 36.5. The van der Waals surface area contributed by atoms with E-state index in [0.29, 0.717) is 6.20 Å². The third-order valence-corrected chi connectivity index (χ3v) is 2.75. The van der Waals surface area contributed by atoms with Gasteiger partial charge in [-0.25, -0.2) is 4.98 Å². The number of aliphatic carboxylic acids is 1. The molecule has 1 aromatic heterocycles. The van der Waals surface area contributed by atoms with Crippen LogP contribution >= 0.6 is 11.8 Å². The van der Waals surface area contributed by atoms with E-state index in [1.54, 1.807) is 0 Å². The summed E-state index contributed by atoms with van der Waals surface area (Å²) in [5.74, 6) is -1.04. The first-order chi connectivity index (χ1) is 7.30. The summed E-state index contributed by atoms with van der Waals surface area (Å²) in [5.41, 5.74) is -0.847. The van der Waals surface area contributed by atoms with E-state index in [4.69, 9.17) is 5.11 Å². The molecule has 1 atom stereocenters. The van der Waals surface area contributed by atoms with Crippen molar-refractivity contribution >= 4 is 17.7 Å². The highest BCUT2D eigenvalue weighted by atomic mass is 32.2. The van der Waals surface area contributed by atoms with Gasteiger partial charge in [-0.05, 0) is 19.1 Å². The zero-order chi connectivity index (χ0) is 12.3. The Kier molecular flexibility index (Phi) is 3.79. The van der Waals surface area contributed by atoms with Crippen molar-refractivity contribution in [3.05, 3.63) is 23.9 Å². The van der Waals surface area contributed by atoms with E-state index in [9.17, 15) is 18.0 Å². The lowest BCUT2D eigenvalue weighted by atomic mass is 10.3. The highest BCUT2D eigenvalue weighted by Gasteiger charge is 2.30. The van der Waals surface area contributed by atoms with Crippen LogP contribution in [-0.2, 0) is 11.0 Å². The van der Waals surface area contributed by atoms with Crippen LogP contribution in [0, 0.1) is 0 Å². The van der Waals surface area contributed by atoms with Crippen LogP contribution < -0.4 is 0 Å². The second-order valence-corrected chi connectivity index (χ2v) is 4.34. The topological polar surface area (TPSA) is 50.2 Å². The molecule has 0 aromatic carbocycles. The van der Waals surface area contributed by atoms with Gasteiger partial charge >= 0.3 is 12.1 Å². The molecule has 7 heteroatoms. The highest BCUT2D eigenvalue weighted by molar-refractivity contribution is 8.00. The van der Waals surface area contributed by atoms with Gasteiger partial charge in [0.2, 0.25) is 0 Å². The molecule has 0 aliphatic carbocycles. The van der Waals surface area contributed by atoms with E-state index in [1.807, 2.05) is 0 Å². The van der Waals surface area contributed by atoms with Gasteiger partial charge in [-0.2, -0.15) is 13.2 Å². The van der Waals surface area contributed by atoms with E-state index in [1.165, 1.54) is 6.92 Å². The number of thioether (sulfide) groups is 1. The average molecular weight is 251 g/mol. The van der Waals surface area contributed by atoms with Gasteiger partial charge in [0, 0.05) is 6.20 Å². The second kappa shape index (κ2) is 4.73. The lowest BCUT2D eigenvalue weighted by Crippen LogP contribution is -2.11. The number of carboxylic acids is 1. The molecule has 1 aromatic rings. The molecule has 0 saturated carbocycles. The van der Waals surface area contributed by atoms with Crippen molar-refractivity contribution in [2.24, 2.45) is 0 Å².